The number of fused-ring (bicyclic) bond motifs is 1. The van der Waals surface area contributed by atoms with E-state index in [4.69, 9.17) is 4.99 Å². The van der Waals surface area contributed by atoms with E-state index in [1.54, 1.807) is 0 Å². The second-order valence-corrected chi connectivity index (χ2v) is 18.6. The van der Waals surface area contributed by atoms with Crippen LogP contribution in [0.3, 0.4) is 0 Å². The average molecular weight is 849 g/mol. The van der Waals surface area contributed by atoms with E-state index in [0.717, 1.165) is 102 Å². The number of nitrogens with one attached hydrogen (secondary N) is 5. The van der Waals surface area contributed by atoms with Gasteiger partial charge in [0.15, 0.2) is 6.29 Å². The first-order valence-corrected chi connectivity index (χ1v) is 23.9. The van der Waals surface area contributed by atoms with Crippen LogP contribution in [-0.4, -0.2) is 126 Å². The summed E-state index contributed by atoms with van der Waals surface area (Å²) in [5.74, 6) is 1.35. The molecular formula is C49H72N10O3. The molecule has 5 aliphatic rings. The fourth-order valence-electron chi connectivity index (χ4n) is 10.4. The molecule has 6 N–H and O–H groups in total. The third kappa shape index (κ3) is 10.9. The zero-order valence-corrected chi connectivity index (χ0v) is 37.5. The van der Waals surface area contributed by atoms with Gasteiger partial charge in [0.1, 0.15) is 11.9 Å². The molecule has 4 aliphatic heterocycles. The van der Waals surface area contributed by atoms with Gasteiger partial charge in [-0.05, 0) is 112 Å². The summed E-state index contributed by atoms with van der Waals surface area (Å²) in [6.45, 7) is 14.4. The Morgan fingerprint density at radius 2 is 1.58 bits per heavy atom. The second kappa shape index (κ2) is 20.9. The zero-order valence-electron chi connectivity index (χ0n) is 37.5. The van der Waals surface area contributed by atoms with Gasteiger partial charge in [-0.2, -0.15) is 0 Å². The van der Waals surface area contributed by atoms with Gasteiger partial charge in [-0.1, -0.05) is 57.0 Å². The van der Waals surface area contributed by atoms with E-state index in [2.05, 4.69) is 115 Å². The average Bonchev–Trinajstić information content (AvgIpc) is 3.68. The van der Waals surface area contributed by atoms with E-state index in [1.807, 2.05) is 7.05 Å². The summed E-state index contributed by atoms with van der Waals surface area (Å²) < 4.78 is 2.44. The summed E-state index contributed by atoms with van der Waals surface area (Å²) in [5, 5.41) is 26.7. The van der Waals surface area contributed by atoms with Crippen molar-refractivity contribution in [3.63, 3.8) is 0 Å². The van der Waals surface area contributed by atoms with Crippen LogP contribution in [0.25, 0.3) is 11.1 Å². The Kier molecular flexibility index (Phi) is 15.0. The van der Waals surface area contributed by atoms with Crippen molar-refractivity contribution in [3.8, 4) is 11.1 Å². The molecule has 0 bridgehead atoms. The van der Waals surface area contributed by atoms with Gasteiger partial charge in [0.25, 0.3) is 0 Å². The molecule has 1 saturated carbocycles. The third-order valence-corrected chi connectivity index (χ3v) is 14.5. The third-order valence-electron chi connectivity index (χ3n) is 14.5. The standard InChI is InChI=1S/C49H72N10O3/c1-4-34(5-2)30-51-49-52-31-41-42(33-59(47(41)55-49)39-13-15-40(60)16-14-39)37-11-8-36(9-12-37)32-57-25-27-58(28-26-57)38-20-23-56(24-21-38)22-6-7-35-10-17-43(45(29-35)50-3)53-44-18-19-46(61)54-48(44)62/h8-12,17,29,31,33-34,38-40,44,49-51,53,55,60H,4-7,13-16,18-28,30,32H2,1-3H3,(H,54,61,62). The van der Waals surface area contributed by atoms with E-state index >= 15 is 0 Å². The Bertz CT molecular complexity index is 1970. The summed E-state index contributed by atoms with van der Waals surface area (Å²) in [4.78, 5) is 36.8. The van der Waals surface area contributed by atoms with Gasteiger partial charge in [-0.3, -0.25) is 35.0 Å². The van der Waals surface area contributed by atoms with Crippen LogP contribution in [0.15, 0.2) is 53.7 Å². The van der Waals surface area contributed by atoms with Crippen molar-refractivity contribution >= 4 is 35.2 Å². The van der Waals surface area contributed by atoms with Crippen LogP contribution in [0.4, 0.5) is 17.2 Å². The summed E-state index contributed by atoms with van der Waals surface area (Å²) in [7, 11) is 1.91. The van der Waals surface area contributed by atoms with Crippen molar-refractivity contribution in [1.29, 1.82) is 0 Å². The number of piperidine rings is 2. The van der Waals surface area contributed by atoms with E-state index in [1.165, 1.54) is 66.6 Å². The molecule has 0 spiro atoms. The molecule has 13 nitrogen and oxygen atoms in total. The molecule has 2 amide bonds. The molecular weight excluding hydrogens is 777 g/mol. The molecule has 62 heavy (non-hydrogen) atoms. The maximum atomic E-state index is 12.3. The van der Waals surface area contributed by atoms with Gasteiger partial charge >= 0.3 is 0 Å². The highest BCUT2D eigenvalue weighted by atomic mass is 16.3. The maximum absolute atomic E-state index is 12.3. The summed E-state index contributed by atoms with van der Waals surface area (Å²) in [5.41, 5.74) is 8.15. The number of carbonyl (C=O) groups excluding carboxylic acids is 2. The van der Waals surface area contributed by atoms with Crippen LogP contribution in [0.2, 0.25) is 0 Å². The normalized spacial score (nSPS) is 24.2. The maximum Gasteiger partial charge on any atom is 0.249 e. The molecule has 0 radical (unpaired) electrons. The first-order chi connectivity index (χ1) is 30.3. The fourth-order valence-corrected chi connectivity index (χ4v) is 10.4. The summed E-state index contributed by atoms with van der Waals surface area (Å²) >= 11 is 0. The van der Waals surface area contributed by atoms with E-state index in [0.29, 0.717) is 30.8 Å². The number of aromatic nitrogens is 1. The van der Waals surface area contributed by atoms with Crippen LogP contribution < -0.4 is 26.6 Å². The lowest BCUT2D eigenvalue weighted by molar-refractivity contribution is -0.133. The van der Waals surface area contributed by atoms with Crippen LogP contribution in [0.5, 0.6) is 0 Å². The SMILES string of the molecule is CCC(CC)CNC1N=Cc2c(-c3ccc(CN4CCN(C5CCN(CCCc6ccc(NC7CCC(=O)NC7=O)c(NC)c6)CC5)CC4)cc3)cn(C3CCC(O)CC3)c2N1. The van der Waals surface area contributed by atoms with Crippen LogP contribution in [0.1, 0.15) is 107 Å². The number of imide groups is 1. The van der Waals surface area contributed by atoms with Gasteiger partial charge in [0.2, 0.25) is 11.8 Å². The molecule has 4 fully saturated rings. The minimum absolute atomic E-state index is 0.130. The van der Waals surface area contributed by atoms with Crippen LogP contribution >= 0.6 is 0 Å². The predicted molar refractivity (Wildman–Crippen MR) is 251 cm³/mol. The minimum atomic E-state index is -0.391. The quantitative estimate of drug-likeness (QED) is 0.0864. The molecule has 2 atom stereocenters. The first-order valence-electron chi connectivity index (χ1n) is 23.9. The van der Waals surface area contributed by atoms with E-state index in [9.17, 15) is 14.7 Å². The minimum Gasteiger partial charge on any atom is -0.393 e. The Hall–Kier alpha value is -4.27. The summed E-state index contributed by atoms with van der Waals surface area (Å²) in [6.07, 6.45) is 15.6. The highest BCUT2D eigenvalue weighted by Crippen LogP contribution is 2.39. The Labute approximate surface area is 369 Å². The highest BCUT2D eigenvalue weighted by molar-refractivity contribution is 6.01. The molecule has 13 heteroatoms. The monoisotopic (exact) mass is 849 g/mol. The molecule has 8 rings (SSSR count). The number of aliphatic hydroxyl groups is 1. The van der Waals surface area contributed by atoms with Gasteiger partial charge in [0, 0.05) is 88.4 Å². The van der Waals surface area contributed by atoms with Gasteiger partial charge in [-0.25, -0.2) is 0 Å². The smallest absolute Gasteiger partial charge is 0.249 e. The van der Waals surface area contributed by atoms with Crippen molar-refractivity contribution in [2.45, 2.75) is 128 Å². The van der Waals surface area contributed by atoms with Crippen LogP contribution in [0, 0.1) is 5.92 Å². The number of benzene rings is 2. The fraction of sp³-hybridized carbons (Fsp3) is 0.612. The van der Waals surface area contributed by atoms with Crippen molar-refractivity contribution < 1.29 is 14.7 Å². The number of rotatable bonds is 17. The molecule has 1 aromatic heterocycles. The van der Waals surface area contributed by atoms with Crippen molar-refractivity contribution in [3.05, 3.63) is 65.4 Å². The van der Waals surface area contributed by atoms with E-state index < -0.39 is 6.04 Å². The molecule has 2 aromatic carbocycles. The second-order valence-electron chi connectivity index (χ2n) is 18.6. The number of hydrogen-bond donors (Lipinski definition) is 6. The summed E-state index contributed by atoms with van der Waals surface area (Å²) in [6, 6.07) is 16.3. The Morgan fingerprint density at radius 1 is 0.839 bits per heavy atom. The highest BCUT2D eigenvalue weighted by Gasteiger charge is 2.31. The molecule has 5 heterocycles. The van der Waals surface area contributed by atoms with Crippen molar-refractivity contribution in [1.82, 2.24) is 29.9 Å². The van der Waals surface area contributed by atoms with Gasteiger partial charge < -0.3 is 30.5 Å². The van der Waals surface area contributed by atoms with E-state index in [-0.39, 0.29) is 24.2 Å². The topological polar surface area (TPSA) is 142 Å². The number of carbonyl (C=O) groups is 2. The Morgan fingerprint density at radius 3 is 2.29 bits per heavy atom. The largest absolute Gasteiger partial charge is 0.393 e. The number of aliphatic hydroxyl groups excluding tert-OH is 1. The lowest BCUT2D eigenvalue weighted by Crippen LogP contribution is -2.53. The van der Waals surface area contributed by atoms with Crippen molar-refractivity contribution in [2.75, 3.05) is 75.4 Å². The predicted octanol–water partition coefficient (Wildman–Crippen LogP) is 6.26. The number of aliphatic imine (C=N–C) groups is 1. The zero-order chi connectivity index (χ0) is 43.0. The molecule has 1 aliphatic carbocycles. The first kappa shape index (κ1) is 44.3. The van der Waals surface area contributed by atoms with Gasteiger partial charge in [-0.15, -0.1) is 0 Å². The number of anilines is 3. The molecule has 3 saturated heterocycles. The lowest BCUT2D eigenvalue weighted by atomic mass is 9.93. The molecule has 2 unspecified atom stereocenters. The van der Waals surface area contributed by atoms with Gasteiger partial charge in [0.05, 0.1) is 17.5 Å². The number of amides is 2. The lowest BCUT2D eigenvalue weighted by Gasteiger charge is -2.43. The van der Waals surface area contributed by atoms with Crippen LogP contribution in [-0.2, 0) is 22.6 Å². The Balaban J connectivity index is 0.780. The number of likely N-dealkylation sites (tertiary alicyclic amines) is 1. The number of nitrogens with zero attached hydrogens (tertiary/aromatic N) is 5. The number of hydrogen-bond acceptors (Lipinski definition) is 11. The molecule has 3 aromatic rings. The molecule has 336 valence electrons. The number of piperazine rings is 1. The number of aryl methyl sites for hydroxylation is 1. The van der Waals surface area contributed by atoms with Crippen molar-refractivity contribution in [2.24, 2.45) is 10.9 Å².